The lowest BCUT2D eigenvalue weighted by atomic mass is 10.0. The molecular weight excluding hydrogens is 282 g/mol. The van der Waals surface area contributed by atoms with Crippen molar-refractivity contribution in [3.63, 3.8) is 0 Å². The van der Waals surface area contributed by atoms with Crippen LogP contribution in [0.1, 0.15) is 37.1 Å². The van der Waals surface area contributed by atoms with E-state index in [1.165, 1.54) is 0 Å². The third-order valence-electron chi connectivity index (χ3n) is 4.93. The molecule has 0 spiro atoms. The van der Waals surface area contributed by atoms with Crippen molar-refractivity contribution < 1.29 is 9.42 Å². The first-order chi connectivity index (χ1) is 10.6. The van der Waals surface area contributed by atoms with Crippen LogP contribution in [0.2, 0.25) is 0 Å². The van der Waals surface area contributed by atoms with E-state index in [4.69, 9.17) is 0 Å². The SMILES string of the molecule is Cc1nonc1CNC(=O)[C@@H]1CCCN1C1CCN(C)CC1. The maximum Gasteiger partial charge on any atom is 0.237 e. The number of carbonyl (C=O) groups excluding carboxylic acids is 1. The minimum Gasteiger partial charge on any atom is -0.349 e. The van der Waals surface area contributed by atoms with Gasteiger partial charge < -0.3 is 10.2 Å². The zero-order valence-electron chi connectivity index (χ0n) is 13.4. The maximum absolute atomic E-state index is 12.5. The van der Waals surface area contributed by atoms with Gasteiger partial charge in [-0.15, -0.1) is 0 Å². The first-order valence-corrected chi connectivity index (χ1v) is 8.15. The number of aryl methyl sites for hydroxylation is 1. The molecular formula is C15H25N5O2. The summed E-state index contributed by atoms with van der Waals surface area (Å²) in [6, 6.07) is 0.554. The lowest BCUT2D eigenvalue weighted by molar-refractivity contribution is -0.126. The van der Waals surface area contributed by atoms with Crippen molar-refractivity contribution in [2.24, 2.45) is 0 Å². The van der Waals surface area contributed by atoms with E-state index < -0.39 is 0 Å². The van der Waals surface area contributed by atoms with Crippen molar-refractivity contribution in [2.45, 2.75) is 51.2 Å². The third kappa shape index (κ3) is 3.30. The second kappa shape index (κ2) is 6.75. The molecule has 3 heterocycles. The smallest absolute Gasteiger partial charge is 0.237 e. The lowest BCUT2D eigenvalue weighted by Gasteiger charge is -2.37. The third-order valence-corrected chi connectivity index (χ3v) is 4.93. The van der Waals surface area contributed by atoms with Crippen molar-refractivity contribution in [1.29, 1.82) is 0 Å². The number of rotatable bonds is 4. The quantitative estimate of drug-likeness (QED) is 0.876. The molecule has 2 fully saturated rings. The van der Waals surface area contributed by atoms with Gasteiger partial charge in [-0.2, -0.15) is 0 Å². The van der Waals surface area contributed by atoms with Gasteiger partial charge in [0.1, 0.15) is 11.4 Å². The van der Waals surface area contributed by atoms with Gasteiger partial charge in [-0.3, -0.25) is 9.69 Å². The second-order valence-corrected chi connectivity index (χ2v) is 6.44. The molecule has 0 bridgehead atoms. The van der Waals surface area contributed by atoms with E-state index in [0.717, 1.165) is 51.0 Å². The average Bonchev–Trinajstić information content (AvgIpc) is 3.15. The van der Waals surface area contributed by atoms with E-state index in [1.54, 1.807) is 0 Å². The average molecular weight is 307 g/mol. The summed E-state index contributed by atoms with van der Waals surface area (Å²) in [6.45, 7) is 5.51. The summed E-state index contributed by atoms with van der Waals surface area (Å²) < 4.78 is 4.66. The minimum atomic E-state index is 0.00794. The molecule has 2 aliphatic rings. The predicted octanol–water partition coefficient (Wildman–Crippen LogP) is 0.553. The molecule has 7 heteroatoms. The summed E-state index contributed by atoms with van der Waals surface area (Å²) >= 11 is 0. The highest BCUT2D eigenvalue weighted by atomic mass is 16.6. The van der Waals surface area contributed by atoms with E-state index in [-0.39, 0.29) is 11.9 Å². The number of nitrogens with one attached hydrogen (secondary N) is 1. The molecule has 1 aromatic heterocycles. The highest BCUT2D eigenvalue weighted by Gasteiger charge is 2.36. The Morgan fingerprint density at radius 1 is 1.27 bits per heavy atom. The van der Waals surface area contributed by atoms with E-state index in [0.29, 0.717) is 18.3 Å². The molecule has 0 radical (unpaired) electrons. The molecule has 22 heavy (non-hydrogen) atoms. The molecule has 122 valence electrons. The van der Waals surface area contributed by atoms with Crippen LogP contribution in [0.4, 0.5) is 0 Å². The van der Waals surface area contributed by atoms with E-state index in [9.17, 15) is 4.79 Å². The molecule has 2 saturated heterocycles. The van der Waals surface area contributed by atoms with Crippen LogP contribution in [0.25, 0.3) is 0 Å². The van der Waals surface area contributed by atoms with Crippen molar-refractivity contribution in [2.75, 3.05) is 26.7 Å². The van der Waals surface area contributed by atoms with Gasteiger partial charge in [0, 0.05) is 6.04 Å². The van der Waals surface area contributed by atoms with Crippen LogP contribution in [0.5, 0.6) is 0 Å². The number of likely N-dealkylation sites (tertiary alicyclic amines) is 2. The lowest BCUT2D eigenvalue weighted by Crippen LogP contribution is -2.50. The fourth-order valence-corrected chi connectivity index (χ4v) is 3.53. The molecule has 0 saturated carbocycles. The van der Waals surface area contributed by atoms with Crippen LogP contribution in [0.15, 0.2) is 4.63 Å². The Labute approximate surface area is 131 Å². The molecule has 0 aromatic carbocycles. The number of hydrogen-bond acceptors (Lipinski definition) is 6. The molecule has 0 aliphatic carbocycles. The second-order valence-electron chi connectivity index (χ2n) is 6.44. The first-order valence-electron chi connectivity index (χ1n) is 8.15. The Hall–Kier alpha value is -1.47. The fraction of sp³-hybridized carbons (Fsp3) is 0.800. The fourth-order valence-electron chi connectivity index (χ4n) is 3.53. The van der Waals surface area contributed by atoms with Crippen LogP contribution in [0, 0.1) is 6.92 Å². The number of hydrogen-bond donors (Lipinski definition) is 1. The standard InChI is InChI=1S/C15H25N5O2/c1-11-13(18-22-17-11)10-16-15(21)14-4-3-7-20(14)12-5-8-19(2)9-6-12/h12,14H,3-10H2,1-2H3,(H,16,21)/t14-/m0/s1. The van der Waals surface area contributed by atoms with Gasteiger partial charge >= 0.3 is 0 Å². The van der Waals surface area contributed by atoms with Crippen LogP contribution < -0.4 is 5.32 Å². The number of nitrogens with zero attached hydrogens (tertiary/aromatic N) is 4. The Kier molecular flexibility index (Phi) is 4.73. The topological polar surface area (TPSA) is 74.5 Å². The zero-order chi connectivity index (χ0) is 15.5. The van der Waals surface area contributed by atoms with Gasteiger partial charge in [-0.1, -0.05) is 10.3 Å². The van der Waals surface area contributed by atoms with Gasteiger partial charge in [0.05, 0.1) is 12.6 Å². The maximum atomic E-state index is 12.5. The zero-order valence-corrected chi connectivity index (χ0v) is 13.4. The molecule has 3 rings (SSSR count). The summed E-state index contributed by atoms with van der Waals surface area (Å²) in [5.41, 5.74) is 1.44. The van der Waals surface area contributed by atoms with Crippen LogP contribution >= 0.6 is 0 Å². The number of carbonyl (C=O) groups is 1. The first kappa shape index (κ1) is 15.4. The summed E-state index contributed by atoms with van der Waals surface area (Å²) in [6.07, 6.45) is 4.38. The van der Waals surface area contributed by atoms with Crippen molar-refractivity contribution >= 4 is 5.91 Å². The molecule has 1 N–H and O–H groups in total. The normalized spacial score (nSPS) is 24.7. The number of aromatic nitrogens is 2. The molecule has 1 aromatic rings. The van der Waals surface area contributed by atoms with Gasteiger partial charge in [0.2, 0.25) is 5.91 Å². The Balaban J connectivity index is 1.55. The summed E-state index contributed by atoms with van der Waals surface area (Å²) in [5.74, 6) is 0.110. The van der Waals surface area contributed by atoms with Crippen LogP contribution in [-0.4, -0.2) is 64.8 Å². The minimum absolute atomic E-state index is 0.00794. The van der Waals surface area contributed by atoms with E-state index in [2.05, 4.69) is 37.1 Å². The van der Waals surface area contributed by atoms with Gasteiger partial charge in [0.15, 0.2) is 0 Å². The summed E-state index contributed by atoms with van der Waals surface area (Å²) in [7, 11) is 2.17. The van der Waals surface area contributed by atoms with Crippen molar-refractivity contribution in [3.8, 4) is 0 Å². The Morgan fingerprint density at radius 2 is 2.05 bits per heavy atom. The largest absolute Gasteiger partial charge is 0.349 e. The van der Waals surface area contributed by atoms with Crippen LogP contribution in [0.3, 0.4) is 0 Å². The summed E-state index contributed by atoms with van der Waals surface area (Å²) in [5, 5.41) is 10.5. The highest BCUT2D eigenvalue weighted by molar-refractivity contribution is 5.82. The number of amides is 1. The highest BCUT2D eigenvalue weighted by Crippen LogP contribution is 2.25. The molecule has 0 unspecified atom stereocenters. The Morgan fingerprint density at radius 3 is 2.73 bits per heavy atom. The molecule has 1 amide bonds. The van der Waals surface area contributed by atoms with Gasteiger partial charge in [-0.25, -0.2) is 4.63 Å². The Bertz CT molecular complexity index is 510. The van der Waals surface area contributed by atoms with Gasteiger partial charge in [-0.05, 0) is 59.3 Å². The predicted molar refractivity (Wildman–Crippen MR) is 81.1 cm³/mol. The number of piperidine rings is 1. The summed E-state index contributed by atoms with van der Waals surface area (Å²) in [4.78, 5) is 17.3. The molecule has 7 nitrogen and oxygen atoms in total. The van der Waals surface area contributed by atoms with E-state index in [1.807, 2.05) is 6.92 Å². The van der Waals surface area contributed by atoms with Crippen LogP contribution in [-0.2, 0) is 11.3 Å². The van der Waals surface area contributed by atoms with Crippen molar-refractivity contribution in [3.05, 3.63) is 11.4 Å². The van der Waals surface area contributed by atoms with Gasteiger partial charge in [0.25, 0.3) is 0 Å². The molecule has 1 atom stereocenters. The van der Waals surface area contributed by atoms with E-state index >= 15 is 0 Å². The monoisotopic (exact) mass is 307 g/mol. The van der Waals surface area contributed by atoms with Crippen molar-refractivity contribution in [1.82, 2.24) is 25.4 Å². The molecule has 2 aliphatic heterocycles.